The summed E-state index contributed by atoms with van der Waals surface area (Å²) in [4.78, 5) is 37.7. The number of carbonyl (C=O) groups excluding carboxylic acids is 2. The summed E-state index contributed by atoms with van der Waals surface area (Å²) >= 11 is 0. The third-order valence-electron chi connectivity index (χ3n) is 9.40. The SMILES string of the molecule is Cc1ccccc1CN1CC[C@H](N2CC(=O)N3[C@H](c4ccc5c(c4)OCO5)c4[nH]c5ccc(F)cc5c4C[C@@H]3C2=O)C1. The molecule has 2 amide bonds. The highest BCUT2D eigenvalue weighted by atomic mass is 19.1. The first-order valence-electron chi connectivity index (χ1n) is 14.5. The van der Waals surface area contributed by atoms with Crippen LogP contribution in [-0.2, 0) is 22.6 Å². The minimum Gasteiger partial charge on any atom is -0.454 e. The van der Waals surface area contributed by atoms with Crippen molar-refractivity contribution in [2.75, 3.05) is 26.4 Å². The van der Waals surface area contributed by atoms with E-state index < -0.39 is 12.1 Å². The topological polar surface area (TPSA) is 78.1 Å². The fourth-order valence-electron chi connectivity index (χ4n) is 7.28. The van der Waals surface area contributed by atoms with Crippen LogP contribution in [0.1, 0.15) is 40.4 Å². The lowest BCUT2D eigenvalue weighted by molar-refractivity contribution is -0.160. The van der Waals surface area contributed by atoms with Crippen LogP contribution >= 0.6 is 0 Å². The largest absolute Gasteiger partial charge is 0.454 e. The van der Waals surface area contributed by atoms with Crippen LogP contribution in [0.5, 0.6) is 11.5 Å². The van der Waals surface area contributed by atoms with E-state index in [2.05, 4.69) is 35.0 Å². The number of carbonyl (C=O) groups is 2. The molecule has 1 aromatic heterocycles. The van der Waals surface area contributed by atoms with E-state index in [4.69, 9.17) is 9.47 Å². The predicted molar refractivity (Wildman–Crippen MR) is 154 cm³/mol. The molecular weight excluding hydrogens is 535 g/mol. The van der Waals surface area contributed by atoms with E-state index in [1.807, 2.05) is 24.3 Å². The van der Waals surface area contributed by atoms with Crippen LogP contribution in [0.2, 0.25) is 0 Å². The van der Waals surface area contributed by atoms with Gasteiger partial charge in [0.15, 0.2) is 11.5 Å². The molecule has 4 aromatic rings. The second-order valence-corrected chi connectivity index (χ2v) is 11.8. The van der Waals surface area contributed by atoms with Crippen molar-refractivity contribution in [3.05, 3.63) is 94.4 Å². The molecular formula is C33H31FN4O4. The van der Waals surface area contributed by atoms with Gasteiger partial charge in [-0.05, 0) is 65.9 Å². The van der Waals surface area contributed by atoms with Gasteiger partial charge in [0.1, 0.15) is 18.4 Å². The average molecular weight is 567 g/mol. The molecule has 0 radical (unpaired) electrons. The number of H-pyrrole nitrogens is 1. The van der Waals surface area contributed by atoms with Crippen LogP contribution in [0.4, 0.5) is 4.39 Å². The normalized spacial score (nSPS) is 23.5. The third kappa shape index (κ3) is 3.98. The fourth-order valence-corrected chi connectivity index (χ4v) is 7.28. The maximum absolute atomic E-state index is 14.4. The van der Waals surface area contributed by atoms with Crippen molar-refractivity contribution in [1.82, 2.24) is 19.7 Å². The molecule has 42 heavy (non-hydrogen) atoms. The van der Waals surface area contributed by atoms with Crippen molar-refractivity contribution in [2.45, 2.75) is 44.4 Å². The lowest BCUT2D eigenvalue weighted by atomic mass is 9.85. The number of ether oxygens (including phenoxy) is 2. The van der Waals surface area contributed by atoms with E-state index in [-0.39, 0.29) is 37.0 Å². The molecule has 0 bridgehead atoms. The number of fused-ring (bicyclic) bond motifs is 5. The van der Waals surface area contributed by atoms with Gasteiger partial charge in [-0.1, -0.05) is 30.3 Å². The first-order chi connectivity index (χ1) is 20.4. The number of amides is 2. The molecule has 5 heterocycles. The van der Waals surface area contributed by atoms with Crippen molar-refractivity contribution < 1.29 is 23.5 Å². The second-order valence-electron chi connectivity index (χ2n) is 11.8. The van der Waals surface area contributed by atoms with Gasteiger partial charge in [-0.25, -0.2) is 4.39 Å². The molecule has 4 aliphatic rings. The number of aromatic amines is 1. The highest BCUT2D eigenvalue weighted by Gasteiger charge is 2.50. The van der Waals surface area contributed by atoms with Crippen molar-refractivity contribution in [1.29, 1.82) is 0 Å². The van der Waals surface area contributed by atoms with Gasteiger partial charge in [0, 0.05) is 48.7 Å². The Morgan fingerprint density at radius 3 is 2.76 bits per heavy atom. The molecule has 2 fully saturated rings. The van der Waals surface area contributed by atoms with Crippen molar-refractivity contribution in [2.24, 2.45) is 0 Å². The average Bonchev–Trinajstić information content (AvgIpc) is 3.73. The lowest BCUT2D eigenvalue weighted by Crippen LogP contribution is -2.65. The van der Waals surface area contributed by atoms with Crippen LogP contribution < -0.4 is 9.47 Å². The zero-order valence-electron chi connectivity index (χ0n) is 23.3. The van der Waals surface area contributed by atoms with Crippen LogP contribution in [0, 0.1) is 12.7 Å². The van der Waals surface area contributed by atoms with Crippen molar-refractivity contribution in [3.63, 3.8) is 0 Å². The molecule has 214 valence electrons. The van der Waals surface area contributed by atoms with E-state index in [9.17, 15) is 14.0 Å². The quantitative estimate of drug-likeness (QED) is 0.399. The van der Waals surface area contributed by atoms with Gasteiger partial charge >= 0.3 is 0 Å². The number of piperazine rings is 1. The van der Waals surface area contributed by atoms with Crippen molar-refractivity contribution in [3.8, 4) is 11.5 Å². The Labute approximate surface area is 242 Å². The Morgan fingerprint density at radius 1 is 1.02 bits per heavy atom. The lowest BCUT2D eigenvalue weighted by Gasteiger charge is -2.48. The molecule has 0 spiro atoms. The highest BCUT2D eigenvalue weighted by Crippen LogP contribution is 2.45. The molecule has 1 N–H and O–H groups in total. The minimum atomic E-state index is -0.679. The Bertz CT molecular complexity index is 1750. The van der Waals surface area contributed by atoms with Gasteiger partial charge < -0.3 is 24.3 Å². The molecule has 2 saturated heterocycles. The first kappa shape index (κ1) is 25.3. The van der Waals surface area contributed by atoms with Gasteiger partial charge in [0.2, 0.25) is 18.6 Å². The first-order valence-corrected chi connectivity index (χ1v) is 14.5. The Kier molecular flexibility index (Phi) is 5.79. The van der Waals surface area contributed by atoms with Gasteiger partial charge in [-0.2, -0.15) is 0 Å². The number of halogens is 1. The molecule has 3 aromatic carbocycles. The van der Waals surface area contributed by atoms with E-state index in [0.29, 0.717) is 17.9 Å². The summed E-state index contributed by atoms with van der Waals surface area (Å²) in [6, 6.07) is 17.4. The van der Waals surface area contributed by atoms with Crippen molar-refractivity contribution >= 4 is 22.7 Å². The van der Waals surface area contributed by atoms with Gasteiger partial charge in [0.05, 0.1) is 6.04 Å². The van der Waals surface area contributed by atoms with Crippen LogP contribution in [0.25, 0.3) is 10.9 Å². The molecule has 9 heteroatoms. The maximum Gasteiger partial charge on any atom is 0.246 e. The molecule has 0 saturated carbocycles. The standard InChI is InChI=1S/C33H31FN4O4/c1-19-4-2-3-5-21(19)15-36-11-10-23(16-36)37-17-30(39)38-27(33(37)40)14-25-24-13-22(34)7-8-26(24)35-31(25)32(38)20-6-9-28-29(12-20)42-18-41-28/h2-9,12-13,23,27,32,35H,10-11,14-18H2,1H3/t23-,27+,32+/m0/s1. The Balaban J connectivity index is 1.14. The number of aromatic nitrogens is 1. The molecule has 8 rings (SSSR count). The number of benzene rings is 3. The zero-order chi connectivity index (χ0) is 28.5. The van der Waals surface area contributed by atoms with Crippen LogP contribution in [0.3, 0.4) is 0 Å². The highest BCUT2D eigenvalue weighted by molar-refractivity contribution is 5.98. The Morgan fingerprint density at radius 2 is 1.88 bits per heavy atom. The summed E-state index contributed by atoms with van der Waals surface area (Å²) in [5, 5.41) is 0.748. The van der Waals surface area contributed by atoms with E-state index in [0.717, 1.165) is 53.8 Å². The number of hydrogen-bond acceptors (Lipinski definition) is 5. The summed E-state index contributed by atoms with van der Waals surface area (Å²) in [6.07, 6.45) is 1.16. The summed E-state index contributed by atoms with van der Waals surface area (Å²) < 4.78 is 25.6. The monoisotopic (exact) mass is 566 g/mol. The molecule has 3 atom stereocenters. The van der Waals surface area contributed by atoms with Crippen LogP contribution in [0.15, 0.2) is 60.7 Å². The third-order valence-corrected chi connectivity index (χ3v) is 9.40. The Hall–Kier alpha value is -4.37. The van der Waals surface area contributed by atoms with E-state index >= 15 is 0 Å². The molecule has 4 aliphatic heterocycles. The summed E-state index contributed by atoms with van der Waals surface area (Å²) in [7, 11) is 0. The number of likely N-dealkylation sites (tertiary alicyclic amines) is 1. The number of nitrogens with zero attached hydrogens (tertiary/aromatic N) is 3. The second kappa shape index (κ2) is 9.59. The zero-order valence-corrected chi connectivity index (χ0v) is 23.3. The number of aryl methyl sites for hydroxylation is 1. The van der Waals surface area contributed by atoms with Gasteiger partial charge in [0.25, 0.3) is 0 Å². The maximum atomic E-state index is 14.4. The molecule has 0 aliphatic carbocycles. The van der Waals surface area contributed by atoms with Crippen LogP contribution in [-0.4, -0.2) is 70.0 Å². The van der Waals surface area contributed by atoms with Gasteiger partial charge in [-0.3, -0.25) is 14.5 Å². The smallest absolute Gasteiger partial charge is 0.246 e. The fraction of sp³-hybridized carbons (Fsp3) is 0.333. The van der Waals surface area contributed by atoms with E-state index in [1.165, 1.54) is 23.3 Å². The molecule has 0 unspecified atom stereocenters. The minimum absolute atomic E-state index is 0.0292. The number of hydrogen-bond donors (Lipinski definition) is 1. The van der Waals surface area contributed by atoms with Gasteiger partial charge in [-0.15, -0.1) is 0 Å². The number of nitrogens with one attached hydrogen (secondary N) is 1. The summed E-state index contributed by atoms with van der Waals surface area (Å²) in [5.74, 6) is 0.789. The molecule has 8 nitrogen and oxygen atoms in total. The summed E-state index contributed by atoms with van der Waals surface area (Å²) in [5.41, 5.74) is 5.82. The number of rotatable bonds is 4. The summed E-state index contributed by atoms with van der Waals surface area (Å²) in [6.45, 7) is 4.73. The predicted octanol–water partition coefficient (Wildman–Crippen LogP) is 4.30. The van der Waals surface area contributed by atoms with E-state index in [1.54, 1.807) is 15.9 Å².